The predicted molar refractivity (Wildman–Crippen MR) is 108 cm³/mol. The van der Waals surface area contributed by atoms with Crippen LogP contribution in [0.15, 0.2) is 12.1 Å². The first kappa shape index (κ1) is 20.0. The zero-order valence-corrected chi connectivity index (χ0v) is 17.7. The van der Waals surface area contributed by atoms with E-state index in [0.29, 0.717) is 12.3 Å². The maximum Gasteiger partial charge on any atom is 0.250 e. The highest BCUT2D eigenvalue weighted by molar-refractivity contribution is 6.15. The van der Waals surface area contributed by atoms with Crippen LogP contribution in [0.5, 0.6) is 0 Å². The first-order chi connectivity index (χ1) is 13.7. The van der Waals surface area contributed by atoms with Crippen molar-refractivity contribution in [2.75, 3.05) is 25.6 Å². The molecule has 1 aromatic carbocycles. The van der Waals surface area contributed by atoms with Crippen molar-refractivity contribution in [1.82, 2.24) is 10.2 Å². The lowest BCUT2D eigenvalue weighted by Gasteiger charge is -2.30. The molecule has 3 amide bonds. The number of hydrogen-bond acceptors (Lipinski definition) is 5. The SMILES string of the molecule is COCCN1C(=O)[C@@H]2[C@H](CC(C)C)N[C@]3(C(=O)Nc4c3ccc(C)c4C)[C@@H]2C1=O. The van der Waals surface area contributed by atoms with Crippen molar-refractivity contribution < 1.29 is 19.1 Å². The second-order valence-corrected chi connectivity index (χ2v) is 8.90. The molecule has 7 heteroatoms. The van der Waals surface area contributed by atoms with Gasteiger partial charge in [0.1, 0.15) is 5.54 Å². The Hall–Kier alpha value is -2.25. The Morgan fingerprint density at radius 2 is 1.90 bits per heavy atom. The molecular weight excluding hydrogens is 370 g/mol. The van der Waals surface area contributed by atoms with E-state index in [1.807, 2.05) is 26.0 Å². The third-order valence-corrected chi connectivity index (χ3v) is 6.76. The summed E-state index contributed by atoms with van der Waals surface area (Å²) in [6, 6.07) is 3.67. The first-order valence-electron chi connectivity index (χ1n) is 10.3. The van der Waals surface area contributed by atoms with Gasteiger partial charge in [0.05, 0.1) is 25.0 Å². The van der Waals surface area contributed by atoms with Crippen LogP contribution in [-0.4, -0.2) is 48.9 Å². The molecule has 7 nitrogen and oxygen atoms in total. The fourth-order valence-corrected chi connectivity index (χ4v) is 5.29. The number of nitrogens with zero attached hydrogens (tertiary/aromatic N) is 1. The summed E-state index contributed by atoms with van der Waals surface area (Å²) < 4.78 is 5.10. The number of carbonyl (C=O) groups is 3. The van der Waals surface area contributed by atoms with Gasteiger partial charge >= 0.3 is 0 Å². The number of methoxy groups -OCH3 is 1. The van der Waals surface area contributed by atoms with Gasteiger partial charge in [0.15, 0.2) is 0 Å². The van der Waals surface area contributed by atoms with Crippen LogP contribution in [0.1, 0.15) is 37.0 Å². The average molecular weight is 399 g/mol. The van der Waals surface area contributed by atoms with Crippen molar-refractivity contribution in [1.29, 1.82) is 0 Å². The summed E-state index contributed by atoms with van der Waals surface area (Å²) in [6.07, 6.45) is 0.716. The van der Waals surface area contributed by atoms with Crippen molar-refractivity contribution in [2.45, 2.75) is 45.7 Å². The molecule has 3 aliphatic heterocycles. The molecule has 0 radical (unpaired) electrons. The summed E-state index contributed by atoms with van der Waals surface area (Å²) >= 11 is 0. The monoisotopic (exact) mass is 399 g/mol. The van der Waals surface area contributed by atoms with Gasteiger partial charge in [0, 0.05) is 24.4 Å². The van der Waals surface area contributed by atoms with E-state index in [1.165, 1.54) is 4.90 Å². The number of carbonyl (C=O) groups excluding carboxylic acids is 3. The molecule has 0 bridgehead atoms. The van der Waals surface area contributed by atoms with Gasteiger partial charge in [-0.05, 0) is 37.3 Å². The van der Waals surface area contributed by atoms with E-state index in [1.54, 1.807) is 7.11 Å². The minimum Gasteiger partial charge on any atom is -0.383 e. The number of rotatable bonds is 5. The lowest BCUT2D eigenvalue weighted by molar-refractivity contribution is -0.143. The highest BCUT2D eigenvalue weighted by Gasteiger charge is 2.70. The molecule has 0 saturated carbocycles. The molecule has 1 aromatic rings. The van der Waals surface area contributed by atoms with Gasteiger partial charge in [-0.2, -0.15) is 0 Å². The molecule has 3 aliphatic rings. The molecule has 1 spiro atoms. The van der Waals surface area contributed by atoms with E-state index in [4.69, 9.17) is 4.74 Å². The predicted octanol–water partition coefficient (Wildman–Crippen LogP) is 1.72. The van der Waals surface area contributed by atoms with Crippen LogP contribution in [-0.2, 0) is 24.7 Å². The Balaban J connectivity index is 1.85. The number of ether oxygens (including phenoxy) is 1. The Morgan fingerprint density at radius 3 is 2.55 bits per heavy atom. The second kappa shape index (κ2) is 6.92. The summed E-state index contributed by atoms with van der Waals surface area (Å²) in [6.45, 7) is 8.64. The average Bonchev–Trinajstić information content (AvgIpc) is 3.22. The number of aryl methyl sites for hydroxylation is 1. The molecule has 3 heterocycles. The Labute approximate surface area is 171 Å². The van der Waals surface area contributed by atoms with E-state index in [2.05, 4.69) is 24.5 Å². The Bertz CT molecular complexity index is 896. The van der Waals surface area contributed by atoms with Crippen molar-refractivity contribution in [3.05, 3.63) is 28.8 Å². The van der Waals surface area contributed by atoms with Crippen LogP contribution in [0.2, 0.25) is 0 Å². The van der Waals surface area contributed by atoms with Gasteiger partial charge in [0.2, 0.25) is 17.7 Å². The van der Waals surface area contributed by atoms with Crippen molar-refractivity contribution >= 4 is 23.4 Å². The van der Waals surface area contributed by atoms with E-state index >= 15 is 0 Å². The van der Waals surface area contributed by atoms with Gasteiger partial charge in [-0.15, -0.1) is 0 Å². The highest BCUT2D eigenvalue weighted by Crippen LogP contribution is 2.54. The Kier molecular flexibility index (Phi) is 4.78. The largest absolute Gasteiger partial charge is 0.383 e. The first-order valence-corrected chi connectivity index (χ1v) is 10.3. The highest BCUT2D eigenvalue weighted by atomic mass is 16.5. The third-order valence-electron chi connectivity index (χ3n) is 6.76. The van der Waals surface area contributed by atoms with Crippen LogP contribution in [0.25, 0.3) is 0 Å². The normalized spacial score (nSPS) is 30.5. The molecule has 4 atom stereocenters. The molecule has 4 rings (SSSR count). The van der Waals surface area contributed by atoms with Crippen molar-refractivity contribution in [3.63, 3.8) is 0 Å². The van der Waals surface area contributed by atoms with Crippen molar-refractivity contribution in [2.24, 2.45) is 17.8 Å². The quantitative estimate of drug-likeness (QED) is 0.736. The molecule has 156 valence electrons. The number of imide groups is 1. The molecule has 29 heavy (non-hydrogen) atoms. The zero-order chi connectivity index (χ0) is 21.1. The summed E-state index contributed by atoms with van der Waals surface area (Å²) in [7, 11) is 1.54. The minimum absolute atomic E-state index is 0.197. The molecular formula is C22H29N3O4. The summed E-state index contributed by atoms with van der Waals surface area (Å²) in [5.41, 5.74) is 2.41. The number of fused-ring (bicyclic) bond motifs is 4. The maximum atomic E-state index is 13.4. The van der Waals surface area contributed by atoms with Gasteiger partial charge in [0.25, 0.3) is 0 Å². The van der Waals surface area contributed by atoms with Crippen LogP contribution < -0.4 is 10.6 Å². The molecule has 2 saturated heterocycles. The maximum absolute atomic E-state index is 13.4. The van der Waals surface area contributed by atoms with E-state index < -0.39 is 17.4 Å². The van der Waals surface area contributed by atoms with E-state index in [-0.39, 0.29) is 36.9 Å². The minimum atomic E-state index is -1.20. The molecule has 2 N–H and O–H groups in total. The van der Waals surface area contributed by atoms with Crippen LogP contribution in [0.3, 0.4) is 0 Å². The van der Waals surface area contributed by atoms with Gasteiger partial charge in [-0.1, -0.05) is 26.0 Å². The van der Waals surface area contributed by atoms with Crippen LogP contribution in [0, 0.1) is 31.6 Å². The number of hydrogen-bond donors (Lipinski definition) is 2. The topological polar surface area (TPSA) is 87.7 Å². The Morgan fingerprint density at radius 1 is 1.17 bits per heavy atom. The smallest absolute Gasteiger partial charge is 0.250 e. The number of anilines is 1. The number of amides is 3. The van der Waals surface area contributed by atoms with Gasteiger partial charge in [-0.25, -0.2) is 0 Å². The van der Waals surface area contributed by atoms with E-state index in [0.717, 1.165) is 22.4 Å². The number of nitrogens with one attached hydrogen (secondary N) is 2. The van der Waals surface area contributed by atoms with E-state index in [9.17, 15) is 14.4 Å². The number of benzene rings is 1. The fourth-order valence-electron chi connectivity index (χ4n) is 5.29. The summed E-state index contributed by atoms with van der Waals surface area (Å²) in [5.74, 6) is -1.67. The zero-order valence-electron chi connectivity index (χ0n) is 17.7. The van der Waals surface area contributed by atoms with Gasteiger partial charge < -0.3 is 10.1 Å². The number of likely N-dealkylation sites (tertiary alicyclic amines) is 1. The standard InChI is InChI=1S/C22H29N3O4/c1-11(2)10-15-16-17(20(27)25(19(16)26)8-9-29-5)22(24-15)14-7-6-12(3)13(4)18(14)23-21(22)28/h6-7,11,15-17,24H,8-10H2,1-5H3,(H,23,28)/t15-,16+,17-,22-/m0/s1. The van der Waals surface area contributed by atoms with Crippen molar-refractivity contribution in [3.8, 4) is 0 Å². The third kappa shape index (κ3) is 2.67. The lowest BCUT2D eigenvalue weighted by Crippen LogP contribution is -2.53. The molecule has 0 aromatic heterocycles. The van der Waals surface area contributed by atoms with Crippen LogP contribution in [0.4, 0.5) is 5.69 Å². The van der Waals surface area contributed by atoms with Crippen LogP contribution >= 0.6 is 0 Å². The van der Waals surface area contributed by atoms with Gasteiger partial charge in [-0.3, -0.25) is 24.6 Å². The lowest BCUT2D eigenvalue weighted by atomic mass is 9.75. The molecule has 0 unspecified atom stereocenters. The fraction of sp³-hybridized carbons (Fsp3) is 0.591. The molecule has 2 fully saturated rings. The summed E-state index contributed by atoms with van der Waals surface area (Å²) in [5, 5.41) is 6.49. The molecule has 0 aliphatic carbocycles. The summed E-state index contributed by atoms with van der Waals surface area (Å²) in [4.78, 5) is 41.4. The second-order valence-electron chi connectivity index (χ2n) is 8.90.